The summed E-state index contributed by atoms with van der Waals surface area (Å²) in [5, 5.41) is 15.8. The van der Waals surface area contributed by atoms with Gasteiger partial charge in [0.1, 0.15) is 23.4 Å². The van der Waals surface area contributed by atoms with Crippen molar-refractivity contribution in [3.05, 3.63) is 29.3 Å². The molecule has 1 aromatic carbocycles. The summed E-state index contributed by atoms with van der Waals surface area (Å²) >= 11 is 0. The van der Waals surface area contributed by atoms with Crippen LogP contribution in [0.2, 0.25) is 0 Å². The average Bonchev–Trinajstić information content (AvgIpc) is 2.68. The highest BCUT2D eigenvalue weighted by Crippen LogP contribution is 2.28. The second-order valence-electron chi connectivity index (χ2n) is 11.4. The Morgan fingerprint density at radius 1 is 1.09 bits per heavy atom. The summed E-state index contributed by atoms with van der Waals surface area (Å²) in [5.74, 6) is -0.820. The number of amides is 3. The maximum Gasteiger partial charge on any atom is 0.408 e. The Balaban J connectivity index is 3.53. The first-order valence-electron chi connectivity index (χ1n) is 12.4. The van der Waals surface area contributed by atoms with E-state index in [-0.39, 0.29) is 23.5 Å². The molecule has 0 radical (unpaired) electrons. The van der Waals surface area contributed by atoms with Crippen LogP contribution in [0.3, 0.4) is 0 Å². The SMILES string of the molecule is CCCCN(C(=O)C(NC(=O)OC(C)(C)C)C(C)C)C(C(=O)NC(C)(C)C)c1ccc(O)c(C)c1. The molecule has 0 spiro atoms. The van der Waals surface area contributed by atoms with Gasteiger partial charge in [-0.05, 0) is 84.1 Å². The Morgan fingerprint density at radius 3 is 2.14 bits per heavy atom. The van der Waals surface area contributed by atoms with Crippen LogP contribution in [0.25, 0.3) is 0 Å². The summed E-state index contributed by atoms with van der Waals surface area (Å²) < 4.78 is 5.39. The van der Waals surface area contributed by atoms with Crippen LogP contribution in [0.1, 0.15) is 92.3 Å². The van der Waals surface area contributed by atoms with Crippen LogP contribution < -0.4 is 10.6 Å². The molecule has 0 aliphatic rings. The molecule has 3 amide bonds. The minimum absolute atomic E-state index is 0.113. The zero-order valence-corrected chi connectivity index (χ0v) is 23.1. The Labute approximate surface area is 210 Å². The molecule has 0 aliphatic carbocycles. The zero-order chi connectivity index (χ0) is 27.1. The van der Waals surface area contributed by atoms with Crippen LogP contribution in [0.5, 0.6) is 5.75 Å². The molecule has 0 aromatic heterocycles. The summed E-state index contributed by atoms with van der Waals surface area (Å²) in [5.41, 5.74) is -0.0417. The Hall–Kier alpha value is -2.77. The van der Waals surface area contributed by atoms with Crippen molar-refractivity contribution in [1.29, 1.82) is 0 Å². The number of carbonyl (C=O) groups is 3. The molecule has 0 saturated heterocycles. The van der Waals surface area contributed by atoms with Crippen LogP contribution in [0.15, 0.2) is 18.2 Å². The van der Waals surface area contributed by atoms with Crippen LogP contribution in [0, 0.1) is 12.8 Å². The second kappa shape index (κ2) is 12.3. The minimum atomic E-state index is -0.936. The number of phenolic OH excluding ortho intramolecular Hbond substituents is 1. The highest BCUT2D eigenvalue weighted by Gasteiger charge is 2.38. The lowest BCUT2D eigenvalue weighted by atomic mass is 9.96. The smallest absolute Gasteiger partial charge is 0.408 e. The maximum atomic E-state index is 14.0. The van der Waals surface area contributed by atoms with Crippen LogP contribution in [-0.4, -0.2) is 51.6 Å². The van der Waals surface area contributed by atoms with Crippen molar-refractivity contribution in [2.24, 2.45) is 5.92 Å². The third-order valence-corrected chi connectivity index (χ3v) is 5.24. The normalized spacial score (nSPS) is 13.7. The number of nitrogens with one attached hydrogen (secondary N) is 2. The van der Waals surface area contributed by atoms with Gasteiger partial charge in [-0.2, -0.15) is 0 Å². The molecule has 8 nitrogen and oxygen atoms in total. The summed E-state index contributed by atoms with van der Waals surface area (Å²) in [6, 6.07) is 3.09. The van der Waals surface area contributed by atoms with E-state index in [1.807, 2.05) is 41.5 Å². The zero-order valence-electron chi connectivity index (χ0n) is 23.1. The van der Waals surface area contributed by atoms with E-state index in [2.05, 4.69) is 10.6 Å². The molecule has 0 heterocycles. The maximum absolute atomic E-state index is 14.0. The van der Waals surface area contributed by atoms with Crippen molar-refractivity contribution in [3.8, 4) is 5.75 Å². The molecule has 1 rings (SSSR count). The predicted octanol–water partition coefficient (Wildman–Crippen LogP) is 4.83. The van der Waals surface area contributed by atoms with Gasteiger partial charge < -0.3 is 25.4 Å². The van der Waals surface area contributed by atoms with E-state index in [0.717, 1.165) is 6.42 Å². The van der Waals surface area contributed by atoms with Gasteiger partial charge in [0.05, 0.1) is 0 Å². The fourth-order valence-corrected chi connectivity index (χ4v) is 3.58. The molecule has 35 heavy (non-hydrogen) atoms. The van der Waals surface area contributed by atoms with Crippen LogP contribution in [0.4, 0.5) is 4.79 Å². The van der Waals surface area contributed by atoms with E-state index in [4.69, 9.17) is 4.74 Å². The van der Waals surface area contributed by atoms with Gasteiger partial charge in [0.25, 0.3) is 0 Å². The van der Waals surface area contributed by atoms with Gasteiger partial charge in [-0.15, -0.1) is 0 Å². The van der Waals surface area contributed by atoms with Gasteiger partial charge in [0, 0.05) is 12.1 Å². The molecule has 198 valence electrons. The number of benzene rings is 1. The molecule has 0 fully saturated rings. The van der Waals surface area contributed by atoms with Crippen molar-refractivity contribution in [1.82, 2.24) is 15.5 Å². The van der Waals surface area contributed by atoms with Crippen molar-refractivity contribution < 1.29 is 24.2 Å². The largest absolute Gasteiger partial charge is 0.508 e. The van der Waals surface area contributed by atoms with Gasteiger partial charge >= 0.3 is 6.09 Å². The average molecular weight is 492 g/mol. The first-order chi connectivity index (χ1) is 16.0. The molecular weight excluding hydrogens is 446 g/mol. The number of aryl methyl sites for hydroxylation is 1. The number of ether oxygens (including phenoxy) is 1. The third kappa shape index (κ3) is 9.78. The number of rotatable bonds is 9. The number of alkyl carbamates (subject to hydrolysis) is 1. The Morgan fingerprint density at radius 2 is 1.69 bits per heavy atom. The summed E-state index contributed by atoms with van der Waals surface area (Å²) in [6.07, 6.45) is 0.813. The van der Waals surface area contributed by atoms with E-state index in [1.54, 1.807) is 44.7 Å². The van der Waals surface area contributed by atoms with E-state index >= 15 is 0 Å². The molecule has 2 unspecified atom stereocenters. The molecule has 3 N–H and O–H groups in total. The van der Waals surface area contributed by atoms with E-state index < -0.39 is 29.3 Å². The fourth-order valence-electron chi connectivity index (χ4n) is 3.58. The number of aromatic hydroxyl groups is 1. The summed E-state index contributed by atoms with van der Waals surface area (Å²) in [4.78, 5) is 41.6. The molecule has 0 aliphatic heterocycles. The summed E-state index contributed by atoms with van der Waals surface area (Å²) in [7, 11) is 0. The number of hydrogen-bond donors (Lipinski definition) is 3. The number of phenols is 1. The van der Waals surface area contributed by atoms with Crippen LogP contribution in [-0.2, 0) is 14.3 Å². The van der Waals surface area contributed by atoms with E-state index in [1.165, 1.54) is 6.07 Å². The number of unbranched alkanes of at least 4 members (excludes halogenated alkanes) is 1. The second-order valence-corrected chi connectivity index (χ2v) is 11.4. The van der Waals surface area contributed by atoms with Gasteiger partial charge in [0.15, 0.2) is 0 Å². The lowest BCUT2D eigenvalue weighted by Gasteiger charge is -2.37. The molecule has 8 heteroatoms. The van der Waals surface area contributed by atoms with E-state index in [9.17, 15) is 19.5 Å². The number of carbonyl (C=O) groups excluding carboxylic acids is 3. The summed E-state index contributed by atoms with van der Waals surface area (Å²) in [6.45, 7) is 18.7. The van der Waals surface area contributed by atoms with Crippen molar-refractivity contribution in [2.45, 2.75) is 105 Å². The lowest BCUT2D eigenvalue weighted by molar-refractivity contribution is -0.144. The third-order valence-electron chi connectivity index (χ3n) is 5.24. The quantitative estimate of drug-likeness (QED) is 0.458. The van der Waals surface area contributed by atoms with Gasteiger partial charge in [-0.3, -0.25) is 9.59 Å². The number of nitrogens with zero attached hydrogens (tertiary/aromatic N) is 1. The topological polar surface area (TPSA) is 108 Å². The predicted molar refractivity (Wildman–Crippen MR) is 138 cm³/mol. The first-order valence-corrected chi connectivity index (χ1v) is 12.4. The van der Waals surface area contributed by atoms with E-state index in [0.29, 0.717) is 24.1 Å². The lowest BCUT2D eigenvalue weighted by Crippen LogP contribution is -2.56. The molecule has 2 atom stereocenters. The first kappa shape index (κ1) is 30.3. The van der Waals surface area contributed by atoms with Crippen molar-refractivity contribution in [2.75, 3.05) is 6.54 Å². The monoisotopic (exact) mass is 491 g/mol. The van der Waals surface area contributed by atoms with Gasteiger partial charge in [-0.1, -0.05) is 33.3 Å². The minimum Gasteiger partial charge on any atom is -0.508 e. The highest BCUT2D eigenvalue weighted by atomic mass is 16.6. The molecule has 0 saturated carbocycles. The standard InChI is InChI=1S/C27H45N3O5/c1-11-12-15-30(24(33)21(17(2)3)28-25(34)35-27(8,9)10)22(23(32)29-26(5,6)7)19-13-14-20(31)18(4)16-19/h13-14,16-17,21-22,31H,11-12,15H2,1-10H3,(H,28,34)(H,29,32). The Kier molecular flexibility index (Phi) is 10.6. The molecular formula is C27H45N3O5. The highest BCUT2D eigenvalue weighted by molar-refractivity contribution is 5.92. The fraction of sp³-hybridized carbons (Fsp3) is 0.667. The number of hydrogen-bond acceptors (Lipinski definition) is 5. The van der Waals surface area contributed by atoms with Gasteiger partial charge in [-0.25, -0.2) is 4.79 Å². The molecule has 0 bridgehead atoms. The van der Waals surface area contributed by atoms with Crippen molar-refractivity contribution >= 4 is 17.9 Å². The Bertz CT molecular complexity index is 884. The van der Waals surface area contributed by atoms with Gasteiger partial charge in [0.2, 0.25) is 11.8 Å². The van der Waals surface area contributed by atoms with Crippen LogP contribution >= 0.6 is 0 Å². The van der Waals surface area contributed by atoms with Crippen molar-refractivity contribution in [3.63, 3.8) is 0 Å². The molecule has 1 aromatic rings.